The molecule has 3 nitrogen and oxygen atoms in total. The molecule has 1 aliphatic rings. The second-order valence-corrected chi connectivity index (χ2v) is 5.47. The van der Waals surface area contributed by atoms with Crippen molar-refractivity contribution < 1.29 is 9.50 Å². The van der Waals surface area contributed by atoms with E-state index < -0.39 is 12.3 Å². The SMILES string of the molecule is O[C@@H](C[C@H]1C[C@@H](F)CCN1)c1cccc2ccncc12. The molecule has 1 aliphatic heterocycles. The number of hydrogen-bond acceptors (Lipinski definition) is 3. The number of fused-ring (bicyclic) bond motifs is 1. The topological polar surface area (TPSA) is 45.1 Å². The molecule has 1 aromatic heterocycles. The van der Waals surface area contributed by atoms with Crippen LogP contribution in [0.4, 0.5) is 4.39 Å². The van der Waals surface area contributed by atoms with Gasteiger partial charge in [-0.2, -0.15) is 0 Å². The molecule has 0 radical (unpaired) electrons. The standard InChI is InChI=1S/C16H19FN2O/c17-12-5-7-19-13(8-12)9-16(20)14-3-1-2-11-4-6-18-10-15(11)14/h1-4,6,10,12-13,16,19-20H,5,7-9H2/t12-,13+,16-/m0/s1. The Morgan fingerprint density at radius 1 is 1.40 bits per heavy atom. The van der Waals surface area contributed by atoms with Gasteiger partial charge in [0.25, 0.3) is 0 Å². The zero-order chi connectivity index (χ0) is 13.9. The minimum Gasteiger partial charge on any atom is -0.388 e. The van der Waals surface area contributed by atoms with E-state index in [1.807, 2.05) is 24.3 Å². The van der Waals surface area contributed by atoms with E-state index in [2.05, 4.69) is 10.3 Å². The summed E-state index contributed by atoms with van der Waals surface area (Å²) in [6, 6.07) is 7.84. The molecule has 3 rings (SSSR count). The first-order chi connectivity index (χ1) is 9.74. The number of nitrogens with zero attached hydrogens (tertiary/aromatic N) is 1. The normalized spacial score (nSPS) is 24.7. The lowest BCUT2D eigenvalue weighted by atomic mass is 9.93. The lowest BCUT2D eigenvalue weighted by molar-refractivity contribution is 0.129. The number of hydrogen-bond donors (Lipinski definition) is 2. The molecular formula is C16H19FN2O. The van der Waals surface area contributed by atoms with Gasteiger partial charge in [-0.3, -0.25) is 4.98 Å². The smallest absolute Gasteiger partial charge is 0.103 e. The highest BCUT2D eigenvalue weighted by Gasteiger charge is 2.24. The van der Waals surface area contributed by atoms with E-state index in [1.165, 1.54) is 0 Å². The number of aliphatic hydroxyl groups is 1. The molecule has 0 unspecified atom stereocenters. The number of benzene rings is 1. The molecule has 20 heavy (non-hydrogen) atoms. The molecule has 0 spiro atoms. The second-order valence-electron chi connectivity index (χ2n) is 5.47. The van der Waals surface area contributed by atoms with Gasteiger partial charge in [-0.15, -0.1) is 0 Å². The largest absolute Gasteiger partial charge is 0.388 e. The quantitative estimate of drug-likeness (QED) is 0.904. The van der Waals surface area contributed by atoms with Gasteiger partial charge >= 0.3 is 0 Å². The molecule has 0 aliphatic carbocycles. The molecule has 1 fully saturated rings. The van der Waals surface area contributed by atoms with Gasteiger partial charge in [0.15, 0.2) is 0 Å². The Hall–Kier alpha value is -1.52. The summed E-state index contributed by atoms with van der Waals surface area (Å²) in [6.07, 6.45) is 3.78. The van der Waals surface area contributed by atoms with Crippen LogP contribution in [0.2, 0.25) is 0 Å². The third kappa shape index (κ3) is 2.81. The van der Waals surface area contributed by atoms with E-state index in [-0.39, 0.29) is 6.04 Å². The van der Waals surface area contributed by atoms with Crippen molar-refractivity contribution in [1.82, 2.24) is 10.3 Å². The van der Waals surface area contributed by atoms with E-state index in [0.717, 1.165) is 16.3 Å². The van der Waals surface area contributed by atoms with Crippen molar-refractivity contribution >= 4 is 10.8 Å². The van der Waals surface area contributed by atoms with Gasteiger partial charge in [0.2, 0.25) is 0 Å². The first-order valence-corrected chi connectivity index (χ1v) is 7.12. The molecule has 2 aromatic rings. The number of nitrogens with one attached hydrogen (secondary N) is 1. The van der Waals surface area contributed by atoms with Crippen molar-refractivity contribution in [3.63, 3.8) is 0 Å². The first kappa shape index (κ1) is 13.5. The summed E-state index contributed by atoms with van der Waals surface area (Å²) in [5.74, 6) is 0. The van der Waals surface area contributed by atoms with E-state index in [1.54, 1.807) is 12.4 Å². The van der Waals surface area contributed by atoms with Crippen molar-refractivity contribution in [2.45, 2.75) is 37.6 Å². The molecule has 0 bridgehead atoms. The Kier molecular flexibility index (Phi) is 3.94. The van der Waals surface area contributed by atoms with Gasteiger partial charge in [0.05, 0.1) is 6.10 Å². The average Bonchev–Trinajstić information content (AvgIpc) is 2.46. The maximum absolute atomic E-state index is 13.4. The fourth-order valence-corrected chi connectivity index (χ4v) is 2.96. The molecule has 1 aromatic carbocycles. The summed E-state index contributed by atoms with van der Waals surface area (Å²) in [7, 11) is 0. The van der Waals surface area contributed by atoms with Crippen molar-refractivity contribution in [2.75, 3.05) is 6.54 Å². The Labute approximate surface area is 117 Å². The maximum atomic E-state index is 13.4. The monoisotopic (exact) mass is 274 g/mol. The molecular weight excluding hydrogens is 255 g/mol. The van der Waals surface area contributed by atoms with Crippen LogP contribution in [0.5, 0.6) is 0 Å². The van der Waals surface area contributed by atoms with Gasteiger partial charge in [0, 0.05) is 23.8 Å². The van der Waals surface area contributed by atoms with Crippen LogP contribution >= 0.6 is 0 Å². The Balaban J connectivity index is 1.80. The lowest BCUT2D eigenvalue weighted by Gasteiger charge is -2.28. The van der Waals surface area contributed by atoms with Crippen molar-refractivity contribution in [1.29, 1.82) is 0 Å². The van der Waals surface area contributed by atoms with E-state index >= 15 is 0 Å². The summed E-state index contributed by atoms with van der Waals surface area (Å²) in [5, 5.41) is 15.8. The number of piperidine rings is 1. The highest BCUT2D eigenvalue weighted by Crippen LogP contribution is 2.28. The fourth-order valence-electron chi connectivity index (χ4n) is 2.96. The van der Waals surface area contributed by atoms with Crippen LogP contribution in [-0.4, -0.2) is 28.8 Å². The molecule has 2 heterocycles. The maximum Gasteiger partial charge on any atom is 0.103 e. The number of pyridine rings is 1. The highest BCUT2D eigenvalue weighted by molar-refractivity contribution is 5.85. The van der Waals surface area contributed by atoms with E-state index in [9.17, 15) is 9.50 Å². The molecule has 3 atom stereocenters. The lowest BCUT2D eigenvalue weighted by Crippen LogP contribution is -2.39. The van der Waals surface area contributed by atoms with Gasteiger partial charge in [-0.05, 0) is 42.8 Å². The van der Waals surface area contributed by atoms with Crippen LogP contribution in [0.3, 0.4) is 0 Å². The minimum absolute atomic E-state index is 0.0423. The fraction of sp³-hybridized carbons (Fsp3) is 0.438. The third-order valence-electron chi connectivity index (χ3n) is 4.02. The summed E-state index contributed by atoms with van der Waals surface area (Å²) < 4.78 is 13.4. The number of aromatic nitrogens is 1. The van der Waals surface area contributed by atoms with Crippen LogP contribution in [0.1, 0.15) is 30.9 Å². The number of rotatable bonds is 3. The Morgan fingerprint density at radius 3 is 3.15 bits per heavy atom. The zero-order valence-corrected chi connectivity index (χ0v) is 11.3. The van der Waals surface area contributed by atoms with Crippen LogP contribution in [0, 0.1) is 0 Å². The van der Waals surface area contributed by atoms with Crippen LogP contribution in [0.15, 0.2) is 36.7 Å². The molecule has 106 valence electrons. The van der Waals surface area contributed by atoms with Gasteiger partial charge in [-0.1, -0.05) is 18.2 Å². The summed E-state index contributed by atoms with van der Waals surface area (Å²) in [6.45, 7) is 0.690. The summed E-state index contributed by atoms with van der Waals surface area (Å²) >= 11 is 0. The van der Waals surface area contributed by atoms with Crippen LogP contribution in [0.25, 0.3) is 10.8 Å². The van der Waals surface area contributed by atoms with Gasteiger partial charge in [0.1, 0.15) is 6.17 Å². The highest BCUT2D eigenvalue weighted by atomic mass is 19.1. The zero-order valence-electron chi connectivity index (χ0n) is 11.3. The predicted octanol–water partition coefficient (Wildman–Crippen LogP) is 2.75. The summed E-state index contributed by atoms with van der Waals surface area (Å²) in [5.41, 5.74) is 0.874. The second kappa shape index (κ2) is 5.85. The van der Waals surface area contributed by atoms with E-state index in [4.69, 9.17) is 0 Å². The van der Waals surface area contributed by atoms with Crippen LogP contribution < -0.4 is 5.32 Å². The Bertz CT molecular complexity index is 584. The molecule has 0 saturated carbocycles. The predicted molar refractivity (Wildman–Crippen MR) is 77.2 cm³/mol. The molecule has 4 heteroatoms. The molecule has 0 amide bonds. The average molecular weight is 274 g/mol. The van der Waals surface area contributed by atoms with Gasteiger partial charge in [-0.25, -0.2) is 4.39 Å². The number of aliphatic hydroxyl groups excluding tert-OH is 1. The van der Waals surface area contributed by atoms with E-state index in [0.29, 0.717) is 25.8 Å². The summed E-state index contributed by atoms with van der Waals surface area (Å²) in [4.78, 5) is 4.13. The van der Waals surface area contributed by atoms with Gasteiger partial charge < -0.3 is 10.4 Å². The minimum atomic E-state index is -0.748. The van der Waals surface area contributed by atoms with Crippen molar-refractivity contribution in [3.8, 4) is 0 Å². The third-order valence-corrected chi connectivity index (χ3v) is 4.02. The molecule has 2 N–H and O–H groups in total. The first-order valence-electron chi connectivity index (χ1n) is 7.12. The molecule has 1 saturated heterocycles. The Morgan fingerprint density at radius 2 is 2.30 bits per heavy atom. The van der Waals surface area contributed by atoms with Crippen LogP contribution in [-0.2, 0) is 0 Å². The number of alkyl halides is 1. The van der Waals surface area contributed by atoms with Crippen molar-refractivity contribution in [2.24, 2.45) is 0 Å². The number of halogens is 1. The van der Waals surface area contributed by atoms with Crippen molar-refractivity contribution in [3.05, 3.63) is 42.2 Å².